The van der Waals surface area contributed by atoms with Gasteiger partial charge in [0.15, 0.2) is 5.13 Å². The van der Waals surface area contributed by atoms with Crippen molar-refractivity contribution in [1.82, 2.24) is 4.98 Å². The predicted octanol–water partition coefficient (Wildman–Crippen LogP) is 3.93. The number of benzene rings is 2. The van der Waals surface area contributed by atoms with Gasteiger partial charge in [0.05, 0.1) is 17.7 Å². The van der Waals surface area contributed by atoms with E-state index in [-0.39, 0.29) is 4.90 Å². The Morgan fingerprint density at radius 1 is 1.04 bits per heavy atom. The lowest BCUT2D eigenvalue weighted by Gasteiger charge is -2.04. The summed E-state index contributed by atoms with van der Waals surface area (Å²) >= 11 is 1.31. The van der Waals surface area contributed by atoms with Crippen LogP contribution < -0.4 is 9.46 Å². The van der Waals surface area contributed by atoms with Gasteiger partial charge in [-0.3, -0.25) is 4.72 Å². The number of aromatic nitrogens is 1. The maximum atomic E-state index is 12.4. The molecule has 0 amide bonds. The molecule has 2 aromatic carbocycles. The lowest BCUT2D eigenvalue weighted by Crippen LogP contribution is -2.12. The van der Waals surface area contributed by atoms with E-state index in [2.05, 4.69) is 9.71 Å². The molecule has 0 bridgehead atoms. The van der Waals surface area contributed by atoms with Crippen LogP contribution in [0.15, 0.2) is 59.5 Å². The minimum absolute atomic E-state index is 0.212. The topological polar surface area (TPSA) is 68.3 Å². The third-order valence-corrected chi connectivity index (χ3v) is 5.81. The van der Waals surface area contributed by atoms with E-state index in [1.165, 1.54) is 11.3 Å². The van der Waals surface area contributed by atoms with E-state index in [1.807, 2.05) is 31.2 Å². The van der Waals surface area contributed by atoms with Crippen molar-refractivity contribution in [3.05, 3.63) is 59.5 Å². The molecule has 0 aliphatic heterocycles. The van der Waals surface area contributed by atoms with E-state index in [4.69, 9.17) is 4.74 Å². The molecule has 1 heterocycles. The molecule has 0 spiro atoms. The molecule has 1 N–H and O–H groups in total. The lowest BCUT2D eigenvalue weighted by molar-refractivity contribution is 0.415. The molecule has 0 saturated carbocycles. The fraction of sp³-hybridized carbons (Fsp3) is 0.118. The Morgan fingerprint density at radius 3 is 2.33 bits per heavy atom. The molecule has 0 aliphatic rings. The fourth-order valence-electron chi connectivity index (χ4n) is 2.23. The first-order chi connectivity index (χ1) is 11.5. The number of rotatable bonds is 5. The van der Waals surface area contributed by atoms with Gasteiger partial charge in [0.1, 0.15) is 5.75 Å². The van der Waals surface area contributed by atoms with Gasteiger partial charge < -0.3 is 4.74 Å². The third kappa shape index (κ3) is 3.42. The average Bonchev–Trinajstić information content (AvgIpc) is 2.95. The van der Waals surface area contributed by atoms with Crippen LogP contribution in [0.1, 0.15) is 4.88 Å². The Balaban J connectivity index is 1.89. The van der Waals surface area contributed by atoms with Crippen molar-refractivity contribution in [3.8, 4) is 17.0 Å². The summed E-state index contributed by atoms with van der Waals surface area (Å²) in [5, 5.41) is 0.349. The van der Waals surface area contributed by atoms with Crippen molar-refractivity contribution in [3.63, 3.8) is 0 Å². The van der Waals surface area contributed by atoms with Gasteiger partial charge >= 0.3 is 0 Å². The minimum atomic E-state index is -3.63. The monoisotopic (exact) mass is 360 g/mol. The molecule has 124 valence electrons. The van der Waals surface area contributed by atoms with Crippen LogP contribution in [0, 0.1) is 6.92 Å². The number of hydrogen-bond donors (Lipinski definition) is 1. The summed E-state index contributed by atoms with van der Waals surface area (Å²) in [4.78, 5) is 5.58. The van der Waals surface area contributed by atoms with E-state index >= 15 is 0 Å². The lowest BCUT2D eigenvalue weighted by atomic mass is 10.1. The van der Waals surface area contributed by atoms with Crippen LogP contribution in [-0.2, 0) is 10.0 Å². The van der Waals surface area contributed by atoms with Gasteiger partial charge in [-0.05, 0) is 43.3 Å². The second-order valence-electron chi connectivity index (χ2n) is 5.07. The number of nitrogens with one attached hydrogen (secondary N) is 1. The molecule has 0 saturated heterocycles. The Morgan fingerprint density at radius 2 is 1.71 bits per heavy atom. The van der Waals surface area contributed by atoms with E-state index in [0.29, 0.717) is 5.13 Å². The third-order valence-electron chi connectivity index (χ3n) is 3.44. The molecule has 24 heavy (non-hydrogen) atoms. The highest BCUT2D eigenvalue weighted by Gasteiger charge is 2.17. The minimum Gasteiger partial charge on any atom is -0.497 e. The Labute approximate surface area is 145 Å². The van der Waals surface area contributed by atoms with Gasteiger partial charge in [-0.25, -0.2) is 13.4 Å². The van der Waals surface area contributed by atoms with Gasteiger partial charge in [-0.1, -0.05) is 18.2 Å². The highest BCUT2D eigenvalue weighted by Crippen LogP contribution is 2.32. The molecule has 3 rings (SSSR count). The van der Waals surface area contributed by atoms with Crippen molar-refractivity contribution in [1.29, 1.82) is 0 Å². The maximum absolute atomic E-state index is 12.4. The quantitative estimate of drug-likeness (QED) is 0.748. The van der Waals surface area contributed by atoms with E-state index < -0.39 is 10.0 Å². The van der Waals surface area contributed by atoms with Crippen LogP contribution >= 0.6 is 11.3 Å². The normalized spacial score (nSPS) is 11.2. The van der Waals surface area contributed by atoms with E-state index in [9.17, 15) is 8.42 Å². The zero-order valence-electron chi connectivity index (χ0n) is 13.2. The molecule has 0 atom stereocenters. The van der Waals surface area contributed by atoms with Crippen LogP contribution in [0.2, 0.25) is 0 Å². The summed E-state index contributed by atoms with van der Waals surface area (Å²) in [7, 11) is -2.02. The van der Waals surface area contributed by atoms with E-state index in [0.717, 1.165) is 21.9 Å². The highest BCUT2D eigenvalue weighted by atomic mass is 32.2. The van der Waals surface area contributed by atoms with Crippen LogP contribution in [-0.4, -0.2) is 20.5 Å². The number of hydrogen-bond acceptors (Lipinski definition) is 5. The number of thiazole rings is 1. The number of ether oxygens (including phenoxy) is 1. The molecule has 1 aromatic heterocycles. The second-order valence-corrected chi connectivity index (χ2v) is 7.96. The van der Waals surface area contributed by atoms with E-state index in [1.54, 1.807) is 37.4 Å². The first kappa shape index (κ1) is 16.5. The van der Waals surface area contributed by atoms with Crippen molar-refractivity contribution >= 4 is 26.5 Å². The zero-order chi connectivity index (χ0) is 17.2. The Hall–Kier alpha value is -2.38. The van der Waals surface area contributed by atoms with Gasteiger partial charge in [-0.15, -0.1) is 11.3 Å². The molecule has 0 unspecified atom stereocenters. The average molecular weight is 360 g/mol. The number of nitrogens with zero attached hydrogens (tertiary/aromatic N) is 1. The molecule has 0 aliphatic carbocycles. The first-order valence-corrected chi connectivity index (χ1v) is 9.49. The van der Waals surface area contributed by atoms with Gasteiger partial charge in [-0.2, -0.15) is 0 Å². The summed E-state index contributed by atoms with van der Waals surface area (Å²) < 4.78 is 32.5. The molecule has 7 heteroatoms. The van der Waals surface area contributed by atoms with Crippen molar-refractivity contribution in [2.45, 2.75) is 11.8 Å². The molecule has 3 aromatic rings. The van der Waals surface area contributed by atoms with Gasteiger partial charge in [0.25, 0.3) is 10.0 Å². The number of aryl methyl sites for hydroxylation is 1. The summed E-state index contributed by atoms with van der Waals surface area (Å²) in [6, 6.07) is 15.7. The van der Waals surface area contributed by atoms with Crippen LogP contribution in [0.4, 0.5) is 5.13 Å². The molecular weight excluding hydrogens is 344 g/mol. The SMILES string of the molecule is COc1ccc(-c2nc(NS(=O)(=O)c3ccccc3)sc2C)cc1. The summed E-state index contributed by atoms with van der Waals surface area (Å²) in [5.41, 5.74) is 1.67. The summed E-state index contributed by atoms with van der Waals surface area (Å²) in [6.07, 6.45) is 0. The first-order valence-electron chi connectivity index (χ1n) is 7.19. The van der Waals surface area contributed by atoms with Crippen LogP contribution in [0.25, 0.3) is 11.3 Å². The van der Waals surface area contributed by atoms with Crippen LogP contribution in [0.5, 0.6) is 5.75 Å². The highest BCUT2D eigenvalue weighted by molar-refractivity contribution is 7.93. The largest absolute Gasteiger partial charge is 0.497 e. The zero-order valence-corrected chi connectivity index (χ0v) is 14.8. The van der Waals surface area contributed by atoms with Crippen molar-refractivity contribution in [2.75, 3.05) is 11.8 Å². The molecule has 0 radical (unpaired) electrons. The standard InChI is InChI=1S/C17H16N2O3S2/c1-12-16(13-8-10-14(22-2)11-9-13)18-17(23-12)19-24(20,21)15-6-4-3-5-7-15/h3-11H,1-2H3,(H,18,19). The number of sulfonamides is 1. The maximum Gasteiger partial charge on any atom is 0.263 e. The summed E-state index contributed by atoms with van der Waals surface area (Å²) in [5.74, 6) is 0.761. The fourth-order valence-corrected chi connectivity index (χ4v) is 4.32. The summed E-state index contributed by atoms with van der Waals surface area (Å²) in [6.45, 7) is 1.91. The van der Waals surface area contributed by atoms with Gasteiger partial charge in [0.2, 0.25) is 0 Å². The number of methoxy groups -OCH3 is 1. The number of anilines is 1. The predicted molar refractivity (Wildman–Crippen MR) is 96.1 cm³/mol. The Kier molecular flexibility index (Phi) is 4.55. The second kappa shape index (κ2) is 6.62. The van der Waals surface area contributed by atoms with Gasteiger partial charge in [0, 0.05) is 10.4 Å². The molecule has 0 fully saturated rings. The Bertz CT molecular complexity index is 934. The smallest absolute Gasteiger partial charge is 0.263 e. The van der Waals surface area contributed by atoms with Crippen LogP contribution in [0.3, 0.4) is 0 Å². The van der Waals surface area contributed by atoms with Crippen molar-refractivity contribution < 1.29 is 13.2 Å². The van der Waals surface area contributed by atoms with Crippen molar-refractivity contribution in [2.24, 2.45) is 0 Å². The molecular formula is C17H16N2O3S2. The molecule has 5 nitrogen and oxygen atoms in total.